The second-order valence-electron chi connectivity index (χ2n) is 27.1. The zero-order valence-electron chi connectivity index (χ0n) is 56.2. The van der Waals surface area contributed by atoms with Gasteiger partial charge in [-0.05, 0) is 208 Å². The third kappa shape index (κ3) is 9.52. The fourth-order valence-electron chi connectivity index (χ4n) is 16.5. The van der Waals surface area contributed by atoms with Crippen LogP contribution < -0.4 is 9.80 Å². The van der Waals surface area contributed by atoms with Gasteiger partial charge in [0.25, 0.3) is 0 Å². The third-order valence-electron chi connectivity index (χ3n) is 21.3. The topological polar surface area (TPSA) is 32.8 Å². The van der Waals surface area contributed by atoms with Gasteiger partial charge >= 0.3 is 0 Å². The number of anilines is 6. The zero-order chi connectivity index (χ0) is 67.5. The monoisotopic (exact) mass is 1300 g/mol. The highest BCUT2D eigenvalue weighted by atomic mass is 16.3. The summed E-state index contributed by atoms with van der Waals surface area (Å²) in [4.78, 5) is 4.87. The van der Waals surface area contributed by atoms with E-state index >= 15 is 0 Å². The Kier molecular flexibility index (Phi) is 13.7. The molecule has 0 bridgehead atoms. The van der Waals surface area contributed by atoms with Gasteiger partial charge in [0.15, 0.2) is 0 Å². The van der Waals surface area contributed by atoms with Crippen molar-refractivity contribution in [3.63, 3.8) is 0 Å². The van der Waals surface area contributed by atoms with E-state index in [4.69, 9.17) is 8.83 Å². The van der Waals surface area contributed by atoms with Crippen LogP contribution in [0.15, 0.2) is 361 Å². The molecule has 18 aromatic carbocycles. The van der Waals surface area contributed by atoms with E-state index in [1.54, 1.807) is 0 Å². The predicted octanol–water partition coefficient (Wildman–Crippen LogP) is 28.3. The molecule has 0 unspecified atom stereocenters. The molecule has 0 spiro atoms. The van der Waals surface area contributed by atoms with Crippen molar-refractivity contribution >= 4 is 143 Å². The van der Waals surface area contributed by atoms with Crippen LogP contribution in [-0.4, -0.2) is 0 Å². The molecule has 0 aliphatic carbocycles. The van der Waals surface area contributed by atoms with Crippen LogP contribution in [0, 0.1) is 13.8 Å². The Morgan fingerprint density at radius 2 is 0.461 bits per heavy atom. The molecule has 0 saturated heterocycles. The van der Waals surface area contributed by atoms with E-state index in [1.165, 1.54) is 75.8 Å². The molecule has 4 heteroatoms. The Hall–Kier alpha value is -13.3. The maximum atomic E-state index is 6.78. The highest BCUT2D eigenvalue weighted by Crippen LogP contribution is 2.50. The Balaban J connectivity index is 0.702. The molecule has 20 rings (SSSR count). The predicted molar refractivity (Wildman–Crippen MR) is 432 cm³/mol. The van der Waals surface area contributed by atoms with Gasteiger partial charge in [0.2, 0.25) is 0 Å². The molecule has 0 saturated carbocycles. The van der Waals surface area contributed by atoms with Gasteiger partial charge in [0.05, 0.1) is 11.4 Å². The second kappa shape index (κ2) is 23.7. The molecule has 20 aromatic rings. The average molecular weight is 1300 g/mol. The summed E-state index contributed by atoms with van der Waals surface area (Å²) in [5.41, 5.74) is 23.2. The number of para-hydroxylation sites is 6. The van der Waals surface area contributed by atoms with Crippen LogP contribution in [-0.2, 0) is 0 Å². The first-order valence-electron chi connectivity index (χ1n) is 35.1. The van der Waals surface area contributed by atoms with Gasteiger partial charge in [-0.3, -0.25) is 0 Å². The van der Waals surface area contributed by atoms with Gasteiger partial charge in [-0.15, -0.1) is 0 Å². The number of hydrogen-bond acceptors (Lipinski definition) is 4. The number of furan rings is 2. The molecule has 0 radical (unpaired) electrons. The summed E-state index contributed by atoms with van der Waals surface area (Å²) >= 11 is 0. The lowest BCUT2D eigenvalue weighted by Crippen LogP contribution is -2.13. The molecule has 0 atom stereocenters. The van der Waals surface area contributed by atoms with Crippen LogP contribution in [0.25, 0.3) is 164 Å². The van der Waals surface area contributed by atoms with E-state index < -0.39 is 0 Å². The summed E-state index contributed by atoms with van der Waals surface area (Å²) in [5.74, 6) is 0. The Morgan fingerprint density at radius 3 is 0.833 bits per heavy atom. The molecule has 102 heavy (non-hydrogen) atoms. The minimum Gasteiger partial charge on any atom is -0.455 e. The lowest BCUT2D eigenvalue weighted by molar-refractivity contribution is 0.669. The molecule has 2 heterocycles. The summed E-state index contributed by atoms with van der Waals surface area (Å²) in [7, 11) is 0. The minimum atomic E-state index is 0.871. The van der Waals surface area contributed by atoms with Gasteiger partial charge in [0, 0.05) is 66.5 Å². The Bertz CT molecular complexity index is 6310. The van der Waals surface area contributed by atoms with Gasteiger partial charge in [0.1, 0.15) is 22.3 Å². The van der Waals surface area contributed by atoms with Crippen LogP contribution in [0.2, 0.25) is 0 Å². The summed E-state index contributed by atoms with van der Waals surface area (Å²) in [5, 5.41) is 19.6. The van der Waals surface area contributed by atoms with E-state index in [0.29, 0.717) is 0 Å². The summed E-state index contributed by atoms with van der Waals surface area (Å²) in [6.45, 7) is 4.50. The third-order valence-corrected chi connectivity index (χ3v) is 21.3. The minimum absolute atomic E-state index is 0.871. The fraction of sp³-hybridized carbons (Fsp3) is 0.0204. The smallest absolute Gasteiger partial charge is 0.143 e. The normalized spacial score (nSPS) is 11.8. The SMILES string of the molecule is Cc1cc(-c2ccc(N(c3ccc(-c4ccc5c6ccccc6c6ccccc6c5c4)cc3)c3ccccc3-c3cccc4c3oc3ccccc34)c(C)c2)ccc1N(c1ccc(-c2ccc3c4ccccc4c4ccccc4c3c2)cc1)c1ccccc1-c1cccc2c1oc1ccccc12. The number of rotatable bonds is 11. The van der Waals surface area contributed by atoms with Crippen molar-refractivity contribution in [2.24, 2.45) is 0 Å². The van der Waals surface area contributed by atoms with E-state index in [9.17, 15) is 0 Å². The molecule has 0 aliphatic heterocycles. The van der Waals surface area contributed by atoms with Gasteiger partial charge in [-0.1, -0.05) is 267 Å². The van der Waals surface area contributed by atoms with Crippen LogP contribution in [0.3, 0.4) is 0 Å². The number of hydrogen-bond donors (Lipinski definition) is 0. The average Bonchev–Trinajstić information content (AvgIpc) is 1.02. The fourth-order valence-corrected chi connectivity index (χ4v) is 16.5. The van der Waals surface area contributed by atoms with Crippen molar-refractivity contribution in [3.8, 4) is 55.6 Å². The van der Waals surface area contributed by atoms with Crippen molar-refractivity contribution in [2.45, 2.75) is 13.8 Å². The lowest BCUT2D eigenvalue weighted by atomic mass is 9.92. The quantitative estimate of drug-likeness (QED) is 0.121. The largest absolute Gasteiger partial charge is 0.455 e. The number of fused-ring (bicyclic) bond motifs is 18. The molecular formula is C98H64N2O2. The van der Waals surface area contributed by atoms with Crippen LogP contribution in [0.5, 0.6) is 0 Å². The molecule has 4 nitrogen and oxygen atoms in total. The maximum Gasteiger partial charge on any atom is 0.143 e. The van der Waals surface area contributed by atoms with Crippen molar-refractivity contribution in [1.82, 2.24) is 0 Å². The van der Waals surface area contributed by atoms with Crippen molar-refractivity contribution < 1.29 is 8.83 Å². The van der Waals surface area contributed by atoms with Crippen molar-refractivity contribution in [3.05, 3.63) is 363 Å². The summed E-state index contributed by atoms with van der Waals surface area (Å²) in [6.07, 6.45) is 0. The first-order chi connectivity index (χ1) is 50.4. The number of aryl methyl sites for hydroxylation is 2. The Morgan fingerprint density at radius 1 is 0.186 bits per heavy atom. The standard InChI is InChI=1S/C98H64N2O2/c1-61-57-65(47-55-91(61)99(93-37-15-11-29-81(93)85-33-19-35-87-83-31-13-17-39-95(83)101-97(85)87)69-49-41-63(42-50-69)67-45-53-79-75-25-5-3-21-71(75)73-23-7-9-27-77(73)89(79)59-67)66-48-56-92(62(2)58-66)100(94-38-16-12-30-82(94)86-34-20-36-88-84-32-14-18-40-96(84)102-98(86)88)70-51-43-64(44-52-70)68-46-54-80-76-26-6-4-22-72(76)74-24-8-10-28-78(74)90(80)60-68/h3-60H,1-2H3. The van der Waals surface area contributed by atoms with Crippen LogP contribution in [0.4, 0.5) is 34.1 Å². The highest BCUT2D eigenvalue weighted by molar-refractivity contribution is 6.27. The molecule has 0 aliphatic rings. The van der Waals surface area contributed by atoms with Gasteiger partial charge in [-0.2, -0.15) is 0 Å². The maximum absolute atomic E-state index is 6.78. The van der Waals surface area contributed by atoms with Gasteiger partial charge in [-0.25, -0.2) is 0 Å². The van der Waals surface area contributed by atoms with E-state index in [0.717, 1.165) is 134 Å². The molecule has 478 valence electrons. The van der Waals surface area contributed by atoms with Crippen LogP contribution >= 0.6 is 0 Å². The summed E-state index contributed by atoms with van der Waals surface area (Å²) < 4.78 is 13.6. The molecule has 0 N–H and O–H groups in total. The lowest BCUT2D eigenvalue weighted by Gasteiger charge is -2.30. The summed E-state index contributed by atoms with van der Waals surface area (Å²) in [6, 6.07) is 129. The number of benzene rings is 18. The number of nitrogens with zero attached hydrogens (tertiary/aromatic N) is 2. The van der Waals surface area contributed by atoms with E-state index in [2.05, 4.69) is 363 Å². The highest BCUT2D eigenvalue weighted by Gasteiger charge is 2.26. The molecular weight excluding hydrogens is 1240 g/mol. The molecule has 2 aromatic heterocycles. The first-order valence-corrected chi connectivity index (χ1v) is 35.1. The van der Waals surface area contributed by atoms with Gasteiger partial charge < -0.3 is 18.6 Å². The van der Waals surface area contributed by atoms with E-state index in [1.807, 2.05) is 12.1 Å². The van der Waals surface area contributed by atoms with Crippen molar-refractivity contribution in [2.75, 3.05) is 9.80 Å². The van der Waals surface area contributed by atoms with E-state index in [-0.39, 0.29) is 0 Å². The molecule has 0 amide bonds. The second-order valence-corrected chi connectivity index (χ2v) is 27.1. The first kappa shape index (κ1) is 58.8. The zero-order valence-corrected chi connectivity index (χ0v) is 56.2. The van der Waals surface area contributed by atoms with Crippen LogP contribution in [0.1, 0.15) is 11.1 Å². The Labute approximate surface area is 590 Å². The molecule has 0 fully saturated rings. The van der Waals surface area contributed by atoms with Crippen molar-refractivity contribution in [1.29, 1.82) is 0 Å².